The SMILES string of the molecule is Cc1cc(C(N)=O)cc(C)c1C[C@H](NC(O)OC(C)(C)C)C(=O)O. The summed E-state index contributed by atoms with van der Waals surface area (Å²) in [5.41, 5.74) is 7.35. The van der Waals surface area contributed by atoms with Gasteiger partial charge in [0, 0.05) is 5.56 Å². The van der Waals surface area contributed by atoms with Gasteiger partial charge < -0.3 is 20.7 Å². The van der Waals surface area contributed by atoms with Gasteiger partial charge in [0.25, 0.3) is 0 Å². The minimum atomic E-state index is -1.41. The highest BCUT2D eigenvalue weighted by atomic mass is 16.6. The number of nitrogens with one attached hydrogen (secondary N) is 1. The summed E-state index contributed by atoms with van der Waals surface area (Å²) in [4.78, 5) is 22.8. The molecule has 0 aliphatic rings. The van der Waals surface area contributed by atoms with E-state index in [0.717, 1.165) is 16.7 Å². The van der Waals surface area contributed by atoms with Crippen LogP contribution in [-0.2, 0) is 16.0 Å². The summed E-state index contributed by atoms with van der Waals surface area (Å²) < 4.78 is 5.29. The first-order valence-electron chi connectivity index (χ1n) is 7.65. The molecule has 134 valence electrons. The largest absolute Gasteiger partial charge is 0.480 e. The third kappa shape index (κ3) is 5.92. The van der Waals surface area contributed by atoms with Gasteiger partial charge in [-0.3, -0.25) is 14.9 Å². The molecule has 24 heavy (non-hydrogen) atoms. The second-order valence-electron chi connectivity index (χ2n) is 6.80. The summed E-state index contributed by atoms with van der Waals surface area (Å²) in [5, 5.41) is 21.8. The van der Waals surface area contributed by atoms with Crippen molar-refractivity contribution in [1.82, 2.24) is 5.32 Å². The van der Waals surface area contributed by atoms with Gasteiger partial charge in [-0.25, -0.2) is 0 Å². The molecule has 0 bridgehead atoms. The number of rotatable bonds is 7. The minimum absolute atomic E-state index is 0.136. The van der Waals surface area contributed by atoms with Gasteiger partial charge in [-0.15, -0.1) is 0 Å². The van der Waals surface area contributed by atoms with Crippen LogP contribution in [0.1, 0.15) is 47.8 Å². The van der Waals surface area contributed by atoms with Crippen molar-refractivity contribution in [3.8, 4) is 0 Å². The molecular weight excluding hydrogens is 312 g/mol. The monoisotopic (exact) mass is 338 g/mol. The van der Waals surface area contributed by atoms with Crippen molar-refractivity contribution >= 4 is 11.9 Å². The van der Waals surface area contributed by atoms with Crippen LogP contribution in [0.3, 0.4) is 0 Å². The zero-order chi connectivity index (χ0) is 18.7. The van der Waals surface area contributed by atoms with E-state index < -0.39 is 29.9 Å². The van der Waals surface area contributed by atoms with Crippen LogP contribution in [0.4, 0.5) is 0 Å². The predicted molar refractivity (Wildman–Crippen MR) is 89.5 cm³/mol. The Morgan fingerprint density at radius 2 is 1.75 bits per heavy atom. The highest BCUT2D eigenvalue weighted by molar-refractivity contribution is 5.93. The predicted octanol–water partition coefficient (Wildman–Crippen LogP) is 1.08. The van der Waals surface area contributed by atoms with Crippen LogP contribution >= 0.6 is 0 Å². The maximum Gasteiger partial charge on any atom is 0.321 e. The van der Waals surface area contributed by atoms with Gasteiger partial charge in [0.1, 0.15) is 6.04 Å². The number of aliphatic carboxylic acids is 1. The Morgan fingerprint density at radius 3 is 2.12 bits per heavy atom. The van der Waals surface area contributed by atoms with Crippen LogP contribution in [0.25, 0.3) is 0 Å². The lowest BCUT2D eigenvalue weighted by Crippen LogP contribution is -2.48. The highest BCUT2D eigenvalue weighted by Crippen LogP contribution is 2.19. The number of carboxylic acids is 1. The van der Waals surface area contributed by atoms with Crippen molar-refractivity contribution < 1.29 is 24.5 Å². The van der Waals surface area contributed by atoms with Crippen LogP contribution in [-0.4, -0.2) is 40.1 Å². The zero-order valence-electron chi connectivity index (χ0n) is 14.7. The van der Waals surface area contributed by atoms with Crippen molar-refractivity contribution in [2.75, 3.05) is 0 Å². The Hall–Kier alpha value is -1.96. The van der Waals surface area contributed by atoms with Crippen molar-refractivity contribution in [1.29, 1.82) is 0 Å². The molecule has 0 radical (unpaired) electrons. The number of hydrogen-bond acceptors (Lipinski definition) is 5. The molecule has 0 spiro atoms. The summed E-state index contributed by atoms with van der Waals surface area (Å²) in [5.74, 6) is -1.64. The molecule has 0 heterocycles. The normalized spacial score (nSPS) is 14.2. The van der Waals surface area contributed by atoms with E-state index in [2.05, 4.69) is 5.32 Å². The molecule has 5 N–H and O–H groups in total. The third-order valence-corrected chi connectivity index (χ3v) is 3.50. The number of carbonyl (C=O) groups excluding carboxylic acids is 1. The molecule has 2 atom stereocenters. The van der Waals surface area contributed by atoms with Gasteiger partial charge in [-0.2, -0.15) is 0 Å². The number of aliphatic hydroxyl groups excluding tert-OH is 1. The van der Waals surface area contributed by atoms with Crippen LogP contribution in [0, 0.1) is 13.8 Å². The second kappa shape index (κ2) is 7.74. The van der Waals surface area contributed by atoms with Crippen molar-refractivity contribution in [3.05, 3.63) is 34.4 Å². The lowest BCUT2D eigenvalue weighted by molar-refractivity contribution is -0.189. The first-order valence-corrected chi connectivity index (χ1v) is 7.65. The lowest BCUT2D eigenvalue weighted by atomic mass is 9.94. The Balaban J connectivity index is 2.97. The second-order valence-corrected chi connectivity index (χ2v) is 6.80. The van der Waals surface area contributed by atoms with E-state index in [-0.39, 0.29) is 6.42 Å². The fourth-order valence-electron chi connectivity index (χ4n) is 2.42. The number of carboxylic acid groups (broad SMARTS) is 1. The molecule has 0 aromatic heterocycles. The van der Waals surface area contributed by atoms with E-state index in [0.29, 0.717) is 5.56 Å². The number of ether oxygens (including phenoxy) is 1. The molecule has 7 nitrogen and oxygen atoms in total. The number of aryl methyl sites for hydroxylation is 2. The van der Waals surface area contributed by atoms with Gasteiger partial charge in [0.15, 0.2) is 0 Å². The first-order chi connectivity index (χ1) is 10.9. The van der Waals surface area contributed by atoms with E-state index >= 15 is 0 Å². The molecule has 1 unspecified atom stereocenters. The molecular formula is C17H26N2O5. The molecule has 0 aliphatic carbocycles. The number of benzene rings is 1. The molecule has 0 saturated heterocycles. The number of nitrogens with two attached hydrogens (primary N) is 1. The average Bonchev–Trinajstić information content (AvgIpc) is 2.38. The average molecular weight is 338 g/mol. The van der Waals surface area contributed by atoms with Crippen LogP contribution in [0.15, 0.2) is 12.1 Å². The maximum atomic E-state index is 11.5. The van der Waals surface area contributed by atoms with Gasteiger partial charge in [0.05, 0.1) is 5.60 Å². The molecule has 1 rings (SSSR count). The van der Waals surface area contributed by atoms with E-state index in [1.807, 2.05) is 0 Å². The zero-order valence-corrected chi connectivity index (χ0v) is 14.7. The Bertz CT molecular complexity index is 599. The summed E-state index contributed by atoms with van der Waals surface area (Å²) in [6.45, 7) is 8.84. The maximum absolute atomic E-state index is 11.5. The van der Waals surface area contributed by atoms with Gasteiger partial charge in [-0.05, 0) is 69.9 Å². The number of hydrogen-bond donors (Lipinski definition) is 4. The molecule has 0 saturated carbocycles. The number of primary amides is 1. The van der Waals surface area contributed by atoms with Crippen molar-refractivity contribution in [3.63, 3.8) is 0 Å². The van der Waals surface area contributed by atoms with E-state index in [1.165, 1.54) is 0 Å². The van der Waals surface area contributed by atoms with Crippen LogP contribution < -0.4 is 11.1 Å². The van der Waals surface area contributed by atoms with Gasteiger partial charge >= 0.3 is 5.97 Å². The van der Waals surface area contributed by atoms with Gasteiger partial charge in [-0.1, -0.05) is 0 Å². The molecule has 1 aromatic carbocycles. The van der Waals surface area contributed by atoms with E-state index in [4.69, 9.17) is 10.5 Å². The summed E-state index contributed by atoms with van der Waals surface area (Å²) >= 11 is 0. The summed E-state index contributed by atoms with van der Waals surface area (Å²) in [6.07, 6.45) is -1.27. The lowest BCUT2D eigenvalue weighted by Gasteiger charge is -2.27. The third-order valence-electron chi connectivity index (χ3n) is 3.50. The Kier molecular flexibility index (Phi) is 6.48. The topological polar surface area (TPSA) is 122 Å². The number of carbonyl (C=O) groups is 2. The highest BCUT2D eigenvalue weighted by Gasteiger charge is 2.25. The molecule has 0 fully saturated rings. The fraction of sp³-hybridized carbons (Fsp3) is 0.529. The fourth-order valence-corrected chi connectivity index (χ4v) is 2.42. The molecule has 0 aliphatic heterocycles. The quantitative estimate of drug-likeness (QED) is 0.552. The summed E-state index contributed by atoms with van der Waals surface area (Å²) in [7, 11) is 0. The summed E-state index contributed by atoms with van der Waals surface area (Å²) in [6, 6.07) is 2.22. The Labute approximate surface area is 141 Å². The molecule has 1 amide bonds. The minimum Gasteiger partial charge on any atom is -0.480 e. The first kappa shape index (κ1) is 20.1. The van der Waals surface area contributed by atoms with Crippen LogP contribution in [0.5, 0.6) is 0 Å². The molecule has 1 aromatic rings. The smallest absolute Gasteiger partial charge is 0.321 e. The van der Waals surface area contributed by atoms with E-state index in [9.17, 15) is 19.8 Å². The number of aliphatic hydroxyl groups is 1. The number of amides is 1. The Morgan fingerprint density at radius 1 is 1.25 bits per heavy atom. The van der Waals surface area contributed by atoms with Crippen molar-refractivity contribution in [2.24, 2.45) is 5.73 Å². The van der Waals surface area contributed by atoms with Crippen molar-refractivity contribution in [2.45, 2.75) is 59.1 Å². The standard InChI is InChI=1S/C17H26N2O5/c1-9-6-11(14(18)20)7-10(2)12(9)8-13(15(21)22)19-16(23)24-17(3,4)5/h6-7,13,16,19,23H,8H2,1-5H3,(H2,18,20)(H,21,22)/t13-,16?/m0/s1. The van der Waals surface area contributed by atoms with E-state index in [1.54, 1.807) is 46.8 Å². The van der Waals surface area contributed by atoms with Crippen LogP contribution in [0.2, 0.25) is 0 Å². The van der Waals surface area contributed by atoms with Gasteiger partial charge in [0.2, 0.25) is 12.3 Å². The molecule has 7 heteroatoms.